The topological polar surface area (TPSA) is 99.8 Å². The minimum absolute atomic E-state index is 0.187. The van der Waals surface area contributed by atoms with E-state index in [0.29, 0.717) is 30.7 Å². The molecule has 3 amide bonds. The predicted molar refractivity (Wildman–Crippen MR) is 140 cm³/mol. The van der Waals surface area contributed by atoms with Gasteiger partial charge in [-0.25, -0.2) is 9.18 Å². The SMILES string of the molecule is CC(C)(C)NC(=O)OCC1CCC(N2CCC(c3ccc(NC4CCC(=O)NC4=O)cc3F)CC2)CC1. The van der Waals surface area contributed by atoms with E-state index in [-0.39, 0.29) is 41.6 Å². The maximum absolute atomic E-state index is 15.0. The first-order valence-electron chi connectivity index (χ1n) is 13.7. The molecule has 204 valence electrons. The lowest BCUT2D eigenvalue weighted by atomic mass is 9.83. The summed E-state index contributed by atoms with van der Waals surface area (Å²) in [5.41, 5.74) is 1.01. The van der Waals surface area contributed by atoms with Crippen molar-refractivity contribution in [3.63, 3.8) is 0 Å². The summed E-state index contributed by atoms with van der Waals surface area (Å²) in [5.74, 6) is -0.265. The number of imide groups is 1. The third-order valence-corrected chi connectivity index (χ3v) is 7.81. The van der Waals surface area contributed by atoms with Crippen molar-refractivity contribution in [2.24, 2.45) is 5.92 Å². The number of nitrogens with one attached hydrogen (secondary N) is 3. The highest BCUT2D eigenvalue weighted by molar-refractivity contribution is 6.01. The molecular weight excluding hydrogens is 475 g/mol. The number of ether oxygens (including phenoxy) is 1. The van der Waals surface area contributed by atoms with E-state index in [2.05, 4.69) is 20.9 Å². The van der Waals surface area contributed by atoms with Gasteiger partial charge in [0.2, 0.25) is 11.8 Å². The van der Waals surface area contributed by atoms with Gasteiger partial charge in [0, 0.05) is 23.7 Å². The molecule has 37 heavy (non-hydrogen) atoms. The Morgan fingerprint density at radius 3 is 2.41 bits per heavy atom. The van der Waals surface area contributed by atoms with Crippen LogP contribution in [0.3, 0.4) is 0 Å². The summed E-state index contributed by atoms with van der Waals surface area (Å²) < 4.78 is 20.5. The molecule has 2 saturated heterocycles. The van der Waals surface area contributed by atoms with Gasteiger partial charge in [0.25, 0.3) is 0 Å². The number of halogens is 1. The number of benzene rings is 1. The van der Waals surface area contributed by atoms with Crippen molar-refractivity contribution in [3.8, 4) is 0 Å². The Labute approximate surface area is 219 Å². The van der Waals surface area contributed by atoms with Crippen molar-refractivity contribution < 1.29 is 23.5 Å². The van der Waals surface area contributed by atoms with Crippen LogP contribution in [0.1, 0.15) is 83.6 Å². The Kier molecular flexibility index (Phi) is 8.72. The van der Waals surface area contributed by atoms with Gasteiger partial charge >= 0.3 is 6.09 Å². The normalized spacial score (nSPS) is 25.9. The number of anilines is 1. The fraction of sp³-hybridized carbons (Fsp3) is 0.679. The molecule has 0 radical (unpaired) electrons. The van der Waals surface area contributed by atoms with E-state index in [4.69, 9.17) is 4.74 Å². The van der Waals surface area contributed by atoms with Crippen LogP contribution in [0.5, 0.6) is 0 Å². The average molecular weight is 517 g/mol. The molecule has 3 N–H and O–H groups in total. The van der Waals surface area contributed by atoms with E-state index in [9.17, 15) is 14.4 Å². The number of rotatable bonds is 6. The smallest absolute Gasteiger partial charge is 0.407 e. The van der Waals surface area contributed by atoms with Gasteiger partial charge in [-0.15, -0.1) is 0 Å². The van der Waals surface area contributed by atoms with Crippen LogP contribution >= 0.6 is 0 Å². The van der Waals surface area contributed by atoms with E-state index in [0.717, 1.165) is 57.2 Å². The number of carbonyl (C=O) groups excluding carboxylic acids is 3. The molecule has 3 aliphatic rings. The maximum atomic E-state index is 15.0. The molecule has 9 heteroatoms. The molecule has 0 bridgehead atoms. The number of hydrogen-bond acceptors (Lipinski definition) is 6. The number of amides is 3. The van der Waals surface area contributed by atoms with Gasteiger partial charge in [0.15, 0.2) is 0 Å². The molecule has 1 unspecified atom stereocenters. The largest absolute Gasteiger partial charge is 0.449 e. The Morgan fingerprint density at radius 1 is 1.08 bits per heavy atom. The first kappa shape index (κ1) is 27.4. The monoisotopic (exact) mass is 516 g/mol. The van der Waals surface area contributed by atoms with Crippen LogP contribution in [0.25, 0.3) is 0 Å². The lowest BCUT2D eigenvalue weighted by Gasteiger charge is -2.41. The van der Waals surface area contributed by atoms with Crippen LogP contribution < -0.4 is 16.0 Å². The van der Waals surface area contributed by atoms with Gasteiger partial charge in [0.05, 0.1) is 6.61 Å². The molecule has 0 spiro atoms. The quantitative estimate of drug-likeness (QED) is 0.488. The van der Waals surface area contributed by atoms with Crippen LogP contribution in [0.4, 0.5) is 14.9 Å². The molecule has 2 aliphatic heterocycles. The van der Waals surface area contributed by atoms with Crippen molar-refractivity contribution in [3.05, 3.63) is 29.6 Å². The van der Waals surface area contributed by atoms with Crippen LogP contribution in [-0.2, 0) is 14.3 Å². The molecule has 2 heterocycles. The number of piperidine rings is 2. The summed E-state index contributed by atoms with van der Waals surface area (Å²) in [4.78, 5) is 37.8. The third kappa shape index (κ3) is 7.66. The molecule has 0 aromatic heterocycles. The first-order valence-corrected chi connectivity index (χ1v) is 13.7. The van der Waals surface area contributed by atoms with E-state index in [1.165, 1.54) is 6.07 Å². The zero-order chi connectivity index (χ0) is 26.6. The highest BCUT2D eigenvalue weighted by Crippen LogP contribution is 2.35. The number of carbonyl (C=O) groups is 3. The molecular formula is C28H41FN4O4. The highest BCUT2D eigenvalue weighted by Gasteiger charge is 2.31. The zero-order valence-electron chi connectivity index (χ0n) is 22.3. The second-order valence-electron chi connectivity index (χ2n) is 11.8. The number of alkyl carbamates (subject to hydrolysis) is 1. The summed E-state index contributed by atoms with van der Waals surface area (Å²) in [6.07, 6.45) is 6.53. The van der Waals surface area contributed by atoms with Gasteiger partial charge in [0.1, 0.15) is 11.9 Å². The number of nitrogens with zero attached hydrogens (tertiary/aromatic N) is 1. The number of hydrogen-bond donors (Lipinski definition) is 3. The number of likely N-dealkylation sites (tertiary alicyclic amines) is 1. The van der Waals surface area contributed by atoms with Gasteiger partial charge in [-0.2, -0.15) is 0 Å². The standard InChI is InChI=1S/C28H41FN4O4/c1-28(2,3)32-27(36)37-17-18-4-7-21(8-5-18)33-14-12-19(13-15-33)22-9-6-20(16-23(22)29)30-24-10-11-25(34)31-26(24)35/h6,9,16,18-19,21,24,30H,4-5,7-8,10-15,17H2,1-3H3,(H,32,36)(H,31,34,35). The molecule has 8 nitrogen and oxygen atoms in total. The van der Waals surface area contributed by atoms with Crippen LogP contribution in [0, 0.1) is 11.7 Å². The van der Waals surface area contributed by atoms with E-state index < -0.39 is 6.04 Å². The first-order chi connectivity index (χ1) is 17.6. The lowest BCUT2D eigenvalue weighted by molar-refractivity contribution is -0.133. The highest BCUT2D eigenvalue weighted by atomic mass is 19.1. The van der Waals surface area contributed by atoms with E-state index in [1.807, 2.05) is 32.9 Å². The van der Waals surface area contributed by atoms with Crippen LogP contribution in [-0.4, -0.2) is 60.1 Å². The fourth-order valence-corrected chi connectivity index (χ4v) is 5.77. The average Bonchev–Trinajstić information content (AvgIpc) is 2.84. The molecule has 3 fully saturated rings. The Bertz CT molecular complexity index is 979. The van der Waals surface area contributed by atoms with Gasteiger partial charge in [-0.1, -0.05) is 6.07 Å². The Morgan fingerprint density at radius 2 is 1.78 bits per heavy atom. The van der Waals surface area contributed by atoms with Crippen LogP contribution in [0.2, 0.25) is 0 Å². The van der Waals surface area contributed by atoms with Crippen molar-refractivity contribution in [1.82, 2.24) is 15.5 Å². The summed E-state index contributed by atoms with van der Waals surface area (Å²) >= 11 is 0. The minimum atomic E-state index is -0.520. The zero-order valence-corrected chi connectivity index (χ0v) is 22.3. The van der Waals surface area contributed by atoms with Crippen molar-refractivity contribution in [1.29, 1.82) is 0 Å². The summed E-state index contributed by atoms with van der Waals surface area (Å²) in [6, 6.07) is 5.17. The molecule has 1 aromatic rings. The van der Waals surface area contributed by atoms with Crippen molar-refractivity contribution in [2.45, 2.75) is 95.7 Å². The molecule has 1 aliphatic carbocycles. The minimum Gasteiger partial charge on any atom is -0.449 e. The second-order valence-corrected chi connectivity index (χ2v) is 11.8. The fourth-order valence-electron chi connectivity index (χ4n) is 5.77. The lowest BCUT2D eigenvalue weighted by Crippen LogP contribution is -2.47. The molecule has 4 rings (SSSR count). The van der Waals surface area contributed by atoms with E-state index >= 15 is 4.39 Å². The Hall–Kier alpha value is -2.68. The molecule has 1 aromatic carbocycles. The molecule has 1 saturated carbocycles. The van der Waals surface area contributed by atoms with Gasteiger partial charge in [-0.3, -0.25) is 14.9 Å². The van der Waals surface area contributed by atoms with Gasteiger partial charge in [-0.05, 0) is 108 Å². The summed E-state index contributed by atoms with van der Waals surface area (Å²) in [6.45, 7) is 8.21. The summed E-state index contributed by atoms with van der Waals surface area (Å²) in [7, 11) is 0. The van der Waals surface area contributed by atoms with Crippen molar-refractivity contribution >= 4 is 23.6 Å². The third-order valence-electron chi connectivity index (χ3n) is 7.81. The van der Waals surface area contributed by atoms with Gasteiger partial charge < -0.3 is 20.3 Å². The second kappa shape index (κ2) is 11.8. The summed E-state index contributed by atoms with van der Waals surface area (Å²) in [5, 5.41) is 8.21. The predicted octanol–water partition coefficient (Wildman–Crippen LogP) is 4.31. The molecule has 1 atom stereocenters. The Balaban J connectivity index is 1.20. The van der Waals surface area contributed by atoms with Crippen LogP contribution in [0.15, 0.2) is 18.2 Å². The van der Waals surface area contributed by atoms with Crippen molar-refractivity contribution in [2.75, 3.05) is 25.0 Å². The maximum Gasteiger partial charge on any atom is 0.407 e. The van der Waals surface area contributed by atoms with E-state index in [1.54, 1.807) is 0 Å².